The highest BCUT2D eigenvalue weighted by atomic mass is 16.6. The number of phenolic OH excluding ortho intramolecular Hbond substituents is 1. The summed E-state index contributed by atoms with van der Waals surface area (Å²) in [7, 11) is 0. The molecular formula is C27H34O15. The summed E-state index contributed by atoms with van der Waals surface area (Å²) >= 11 is 0. The Bertz CT molecular complexity index is 1240. The van der Waals surface area contributed by atoms with Crippen LogP contribution < -0.4 is 0 Å². The van der Waals surface area contributed by atoms with Gasteiger partial charge < -0.3 is 70.8 Å². The van der Waals surface area contributed by atoms with Crippen LogP contribution in [-0.2, 0) is 14.3 Å². The van der Waals surface area contributed by atoms with Gasteiger partial charge in [0.2, 0.25) is 11.4 Å². The van der Waals surface area contributed by atoms with Crippen molar-refractivity contribution in [3.8, 4) is 5.75 Å². The van der Waals surface area contributed by atoms with E-state index in [1.807, 2.05) is 0 Å². The zero-order chi connectivity index (χ0) is 31.1. The summed E-state index contributed by atoms with van der Waals surface area (Å²) in [5.74, 6) is -3.56. The molecule has 232 valence electrons. The minimum Gasteiger partial charge on any atom is -0.509 e. The number of hydrogen-bond acceptors (Lipinski definition) is 15. The third-order valence-corrected chi connectivity index (χ3v) is 7.80. The van der Waals surface area contributed by atoms with Crippen LogP contribution in [-0.4, -0.2) is 147 Å². The second kappa shape index (κ2) is 12.4. The topological polar surface area (TPSA) is 278 Å². The van der Waals surface area contributed by atoms with Gasteiger partial charge in [-0.05, 0) is 23.8 Å². The molecule has 3 aliphatic rings. The van der Waals surface area contributed by atoms with E-state index in [2.05, 4.69) is 0 Å². The number of carbonyl (C=O) groups is 1. The van der Waals surface area contributed by atoms with Crippen molar-refractivity contribution in [2.45, 2.75) is 73.1 Å². The van der Waals surface area contributed by atoms with Crippen molar-refractivity contribution in [3.05, 3.63) is 58.6 Å². The Hall–Kier alpha value is -2.93. The molecule has 2 heterocycles. The molecule has 42 heavy (non-hydrogen) atoms. The lowest BCUT2D eigenvalue weighted by Gasteiger charge is -2.48. The first kappa shape index (κ1) is 32.0. The number of Topliss-reactive ketones (excluding diaryl/α,β-unsaturated/α-hetero) is 1. The predicted molar refractivity (Wildman–Crippen MR) is 139 cm³/mol. The quantitative estimate of drug-likeness (QED) is 0.111. The number of phenols is 1. The highest BCUT2D eigenvalue weighted by Crippen LogP contribution is 2.43. The van der Waals surface area contributed by atoms with E-state index in [4.69, 9.17) is 9.47 Å². The van der Waals surface area contributed by atoms with Gasteiger partial charge in [0.05, 0.1) is 13.2 Å². The van der Waals surface area contributed by atoms with Gasteiger partial charge in [-0.2, -0.15) is 0 Å². The third kappa shape index (κ3) is 5.57. The van der Waals surface area contributed by atoms with Crippen LogP contribution in [0, 0.1) is 0 Å². The molecular weight excluding hydrogens is 564 g/mol. The fourth-order valence-electron chi connectivity index (χ4n) is 5.27. The van der Waals surface area contributed by atoms with E-state index in [1.54, 1.807) is 0 Å². The standard InChI is InChI=1S/C27H34O15/c28-8-16-19(34)20(35)22(37)26(42-16)27(40)24(38)12(14(30)6-3-10-1-4-11(29)5-2-10)7-13(25(27)39)17(32)23-21(36)18(33)15(31)9-41-23/h1-6,15-23,26,28-37,39-40H,7-9H2/b6-3+,14-12+/t15?,16?,17?,18?,19-,20+,21?,22?,23?,26-,27?/m0/s1. The zero-order valence-electron chi connectivity index (χ0n) is 22.0. The molecule has 0 aromatic heterocycles. The average Bonchev–Trinajstić information content (AvgIpc) is 2.97. The fourth-order valence-corrected chi connectivity index (χ4v) is 5.27. The van der Waals surface area contributed by atoms with Gasteiger partial charge in [0.15, 0.2) is 0 Å². The molecule has 0 saturated carbocycles. The molecule has 15 heteroatoms. The molecule has 0 bridgehead atoms. The lowest BCUT2D eigenvalue weighted by atomic mass is 9.71. The monoisotopic (exact) mass is 598 g/mol. The summed E-state index contributed by atoms with van der Waals surface area (Å²) in [5, 5.41) is 126. The summed E-state index contributed by atoms with van der Waals surface area (Å²) in [6.07, 6.45) is -17.6. The van der Waals surface area contributed by atoms with Crippen LogP contribution in [0.5, 0.6) is 5.75 Å². The van der Waals surface area contributed by atoms with Gasteiger partial charge in [-0.3, -0.25) is 4.79 Å². The van der Waals surface area contributed by atoms with E-state index in [9.17, 15) is 66.1 Å². The number of allylic oxidation sites excluding steroid dienone is 1. The maximum Gasteiger partial charge on any atom is 0.213 e. The van der Waals surface area contributed by atoms with E-state index in [0.29, 0.717) is 5.56 Å². The lowest BCUT2D eigenvalue weighted by molar-refractivity contribution is -0.263. The van der Waals surface area contributed by atoms with Gasteiger partial charge >= 0.3 is 0 Å². The summed E-state index contributed by atoms with van der Waals surface area (Å²) in [6.45, 7) is -1.50. The number of carbonyl (C=O) groups excluding carboxylic acids is 1. The van der Waals surface area contributed by atoms with E-state index in [-0.39, 0.29) is 5.75 Å². The molecule has 2 fully saturated rings. The Balaban J connectivity index is 1.83. The van der Waals surface area contributed by atoms with Crippen molar-refractivity contribution in [2.24, 2.45) is 0 Å². The summed E-state index contributed by atoms with van der Waals surface area (Å²) in [6, 6.07) is 5.64. The number of rotatable bonds is 6. The maximum atomic E-state index is 13.7. The van der Waals surface area contributed by atoms with Crippen LogP contribution in [0.4, 0.5) is 0 Å². The van der Waals surface area contributed by atoms with Crippen molar-refractivity contribution in [1.29, 1.82) is 0 Å². The molecule has 11 atom stereocenters. The highest BCUT2D eigenvalue weighted by Gasteiger charge is 2.61. The fraction of sp³-hybridized carbons (Fsp3) is 0.519. The number of benzene rings is 1. The summed E-state index contributed by atoms with van der Waals surface area (Å²) in [5.41, 5.74) is -4.14. The average molecular weight is 599 g/mol. The summed E-state index contributed by atoms with van der Waals surface area (Å²) in [4.78, 5) is 13.7. The molecule has 4 rings (SSSR count). The SMILES string of the molecule is O=C1/C(=C(O)\C=C\c2ccc(O)cc2)CC(C(O)C2OCC(O)C(O)C2O)=C(O)C1(O)[C@H]1OC(CO)[C@H](O)[C@@H](O)C1O. The molecule has 1 aromatic carbocycles. The predicted octanol–water partition coefficient (Wildman–Crippen LogP) is -3.58. The normalized spacial score (nSPS) is 39.9. The zero-order valence-corrected chi connectivity index (χ0v) is 22.0. The molecule has 1 aliphatic carbocycles. The molecule has 2 saturated heterocycles. The first-order chi connectivity index (χ1) is 19.7. The van der Waals surface area contributed by atoms with Crippen LogP contribution in [0.2, 0.25) is 0 Å². The van der Waals surface area contributed by atoms with E-state index in [0.717, 1.165) is 6.08 Å². The molecule has 15 nitrogen and oxygen atoms in total. The Kier molecular flexibility index (Phi) is 9.41. The molecule has 8 unspecified atom stereocenters. The van der Waals surface area contributed by atoms with Crippen LogP contribution >= 0.6 is 0 Å². The van der Waals surface area contributed by atoms with Crippen molar-refractivity contribution in [3.63, 3.8) is 0 Å². The van der Waals surface area contributed by atoms with Gasteiger partial charge in [-0.25, -0.2) is 0 Å². The van der Waals surface area contributed by atoms with Gasteiger partial charge in [0, 0.05) is 17.6 Å². The number of ether oxygens (including phenoxy) is 2. The van der Waals surface area contributed by atoms with E-state index < -0.39 is 115 Å². The second-order valence-corrected chi connectivity index (χ2v) is 10.5. The summed E-state index contributed by atoms with van der Waals surface area (Å²) < 4.78 is 10.6. The van der Waals surface area contributed by atoms with Crippen molar-refractivity contribution in [2.75, 3.05) is 13.2 Å². The van der Waals surface area contributed by atoms with Gasteiger partial charge in [-0.15, -0.1) is 0 Å². The third-order valence-electron chi connectivity index (χ3n) is 7.80. The lowest BCUT2D eigenvalue weighted by Crippen LogP contribution is -2.69. The second-order valence-electron chi connectivity index (χ2n) is 10.5. The van der Waals surface area contributed by atoms with Gasteiger partial charge in [-0.1, -0.05) is 18.2 Å². The number of hydrogen-bond donors (Lipinski definition) is 12. The van der Waals surface area contributed by atoms with Crippen LogP contribution in [0.1, 0.15) is 12.0 Å². The minimum absolute atomic E-state index is 0.0363. The Morgan fingerprint density at radius 2 is 1.62 bits per heavy atom. The Morgan fingerprint density at radius 3 is 2.24 bits per heavy atom. The van der Waals surface area contributed by atoms with Crippen molar-refractivity contribution >= 4 is 11.9 Å². The molecule has 0 radical (unpaired) electrons. The van der Waals surface area contributed by atoms with Crippen LogP contribution in [0.15, 0.2) is 53.0 Å². The number of ketones is 1. The molecule has 12 N–H and O–H groups in total. The number of aliphatic hydroxyl groups excluding tert-OH is 10. The Labute approximate surface area is 238 Å². The molecule has 0 amide bonds. The maximum absolute atomic E-state index is 13.7. The molecule has 1 aromatic rings. The largest absolute Gasteiger partial charge is 0.509 e. The smallest absolute Gasteiger partial charge is 0.213 e. The molecule has 2 aliphatic heterocycles. The first-order valence-corrected chi connectivity index (χ1v) is 13.0. The van der Waals surface area contributed by atoms with Crippen LogP contribution in [0.3, 0.4) is 0 Å². The van der Waals surface area contributed by atoms with Gasteiger partial charge in [0.25, 0.3) is 0 Å². The van der Waals surface area contributed by atoms with E-state index >= 15 is 0 Å². The number of aliphatic hydroxyl groups is 11. The van der Waals surface area contributed by atoms with E-state index in [1.165, 1.54) is 30.3 Å². The van der Waals surface area contributed by atoms with Crippen molar-refractivity contribution in [1.82, 2.24) is 0 Å². The molecule has 0 spiro atoms. The highest BCUT2D eigenvalue weighted by molar-refractivity contribution is 6.06. The van der Waals surface area contributed by atoms with Crippen LogP contribution in [0.25, 0.3) is 6.08 Å². The number of aromatic hydroxyl groups is 1. The first-order valence-electron chi connectivity index (χ1n) is 13.0. The van der Waals surface area contributed by atoms with Crippen molar-refractivity contribution < 1.29 is 75.5 Å². The Morgan fingerprint density at radius 1 is 0.976 bits per heavy atom. The van der Waals surface area contributed by atoms with Gasteiger partial charge in [0.1, 0.15) is 78.3 Å². The minimum atomic E-state index is -3.34.